The van der Waals surface area contributed by atoms with Gasteiger partial charge in [-0.1, -0.05) is 0 Å². The van der Waals surface area contributed by atoms with E-state index in [4.69, 9.17) is 5.73 Å². The minimum absolute atomic E-state index is 0.181. The molecule has 1 fully saturated rings. The lowest BCUT2D eigenvalue weighted by Gasteiger charge is -2.10. The molecule has 0 aromatic rings. The Hall–Kier alpha value is -0.150. The monoisotopic (exact) mass is 132 g/mol. The smallest absolute Gasteiger partial charge is 0.0898 e. The molecule has 3 heteroatoms. The highest BCUT2D eigenvalue weighted by Gasteiger charge is 2.22. The predicted octanol–water partition coefficient (Wildman–Crippen LogP) is -0.107. The summed E-state index contributed by atoms with van der Waals surface area (Å²) in [5.74, 6) is 0.370. The van der Waals surface area contributed by atoms with Gasteiger partial charge < -0.3 is 11.1 Å². The SMILES string of the molecule is NC1CNCC1CCF. The molecule has 1 aliphatic heterocycles. The van der Waals surface area contributed by atoms with Gasteiger partial charge in [0.2, 0.25) is 0 Å². The summed E-state index contributed by atoms with van der Waals surface area (Å²) in [6.07, 6.45) is 0.619. The topological polar surface area (TPSA) is 38.0 Å². The molecule has 2 nitrogen and oxygen atoms in total. The first-order chi connectivity index (χ1) is 4.34. The summed E-state index contributed by atoms with van der Waals surface area (Å²) in [7, 11) is 0. The van der Waals surface area contributed by atoms with E-state index in [9.17, 15) is 4.39 Å². The molecule has 0 aromatic heterocycles. The molecule has 0 bridgehead atoms. The third-order valence-corrected chi connectivity index (χ3v) is 1.87. The second-order valence-corrected chi connectivity index (χ2v) is 2.56. The van der Waals surface area contributed by atoms with E-state index in [2.05, 4.69) is 5.32 Å². The van der Waals surface area contributed by atoms with E-state index in [0.717, 1.165) is 13.1 Å². The average molecular weight is 132 g/mol. The summed E-state index contributed by atoms with van der Waals surface area (Å²) in [6, 6.07) is 0.181. The second-order valence-electron chi connectivity index (χ2n) is 2.56. The molecule has 0 spiro atoms. The Balaban J connectivity index is 2.22. The lowest BCUT2D eigenvalue weighted by atomic mass is 10.0. The van der Waals surface area contributed by atoms with Gasteiger partial charge in [0.1, 0.15) is 0 Å². The van der Waals surface area contributed by atoms with E-state index in [1.165, 1.54) is 0 Å². The fourth-order valence-electron chi connectivity index (χ4n) is 1.21. The van der Waals surface area contributed by atoms with Gasteiger partial charge in [-0.15, -0.1) is 0 Å². The Morgan fingerprint density at radius 1 is 1.56 bits per heavy atom. The Morgan fingerprint density at radius 3 is 2.78 bits per heavy atom. The van der Waals surface area contributed by atoms with Crippen LogP contribution in [0.1, 0.15) is 6.42 Å². The standard InChI is InChI=1S/C6H13FN2/c7-2-1-5-3-9-4-6(5)8/h5-6,9H,1-4,8H2. The minimum atomic E-state index is -0.236. The van der Waals surface area contributed by atoms with Gasteiger partial charge in [-0.05, 0) is 18.9 Å². The average Bonchev–Trinajstić information content (AvgIpc) is 2.18. The van der Waals surface area contributed by atoms with Gasteiger partial charge in [-0.25, -0.2) is 0 Å². The van der Waals surface area contributed by atoms with Crippen LogP contribution in [0.25, 0.3) is 0 Å². The molecule has 0 aliphatic carbocycles. The summed E-state index contributed by atoms with van der Waals surface area (Å²) < 4.78 is 11.7. The Bertz CT molecular complexity index is 87.1. The Morgan fingerprint density at radius 2 is 2.33 bits per heavy atom. The number of nitrogens with two attached hydrogens (primary N) is 1. The zero-order valence-electron chi connectivity index (χ0n) is 5.44. The number of nitrogens with one attached hydrogen (secondary N) is 1. The molecule has 2 unspecified atom stereocenters. The van der Waals surface area contributed by atoms with Crippen LogP contribution in [0.3, 0.4) is 0 Å². The molecule has 2 atom stereocenters. The molecule has 0 aromatic carbocycles. The van der Waals surface area contributed by atoms with Crippen molar-refractivity contribution in [2.45, 2.75) is 12.5 Å². The molecule has 0 saturated carbocycles. The highest BCUT2D eigenvalue weighted by atomic mass is 19.1. The molecule has 1 heterocycles. The molecule has 9 heavy (non-hydrogen) atoms. The molecule has 3 N–H and O–H groups in total. The molecule has 0 amide bonds. The summed E-state index contributed by atoms with van der Waals surface area (Å²) in [5.41, 5.74) is 5.64. The molecule has 0 radical (unpaired) electrons. The third-order valence-electron chi connectivity index (χ3n) is 1.87. The molecular weight excluding hydrogens is 119 g/mol. The molecule has 1 rings (SSSR count). The van der Waals surface area contributed by atoms with E-state index in [1.807, 2.05) is 0 Å². The Labute approximate surface area is 54.6 Å². The quantitative estimate of drug-likeness (QED) is 0.550. The normalized spacial score (nSPS) is 35.3. The van der Waals surface area contributed by atoms with Crippen LogP contribution in [0.2, 0.25) is 0 Å². The maximum atomic E-state index is 11.7. The van der Waals surface area contributed by atoms with Crippen LogP contribution in [-0.4, -0.2) is 25.8 Å². The summed E-state index contributed by atoms with van der Waals surface area (Å²) in [5, 5.41) is 3.12. The lowest BCUT2D eigenvalue weighted by molar-refractivity contribution is 0.382. The first kappa shape index (κ1) is 6.96. The summed E-state index contributed by atoms with van der Waals surface area (Å²) in [6.45, 7) is 1.51. The van der Waals surface area contributed by atoms with E-state index < -0.39 is 0 Å². The van der Waals surface area contributed by atoms with Gasteiger partial charge in [-0.3, -0.25) is 4.39 Å². The fourth-order valence-corrected chi connectivity index (χ4v) is 1.21. The number of halogens is 1. The summed E-state index contributed by atoms with van der Waals surface area (Å²) in [4.78, 5) is 0. The van der Waals surface area contributed by atoms with Crippen LogP contribution in [0.4, 0.5) is 4.39 Å². The van der Waals surface area contributed by atoms with Crippen LogP contribution in [0.5, 0.6) is 0 Å². The third kappa shape index (κ3) is 1.63. The zero-order chi connectivity index (χ0) is 6.69. The number of alkyl halides is 1. The van der Waals surface area contributed by atoms with Gasteiger partial charge in [0.25, 0.3) is 0 Å². The van der Waals surface area contributed by atoms with E-state index in [0.29, 0.717) is 12.3 Å². The van der Waals surface area contributed by atoms with Crippen LogP contribution in [-0.2, 0) is 0 Å². The van der Waals surface area contributed by atoms with Crippen LogP contribution < -0.4 is 11.1 Å². The van der Waals surface area contributed by atoms with Crippen molar-refractivity contribution in [1.82, 2.24) is 5.32 Å². The zero-order valence-corrected chi connectivity index (χ0v) is 5.44. The first-order valence-electron chi connectivity index (χ1n) is 3.37. The van der Waals surface area contributed by atoms with E-state index >= 15 is 0 Å². The maximum absolute atomic E-state index is 11.7. The summed E-state index contributed by atoms with van der Waals surface area (Å²) >= 11 is 0. The van der Waals surface area contributed by atoms with Crippen molar-refractivity contribution in [1.29, 1.82) is 0 Å². The highest BCUT2D eigenvalue weighted by molar-refractivity contribution is 4.83. The molecule has 1 saturated heterocycles. The van der Waals surface area contributed by atoms with E-state index in [-0.39, 0.29) is 12.7 Å². The van der Waals surface area contributed by atoms with E-state index in [1.54, 1.807) is 0 Å². The van der Waals surface area contributed by atoms with Crippen molar-refractivity contribution in [3.8, 4) is 0 Å². The van der Waals surface area contributed by atoms with Gasteiger partial charge in [0, 0.05) is 12.6 Å². The first-order valence-corrected chi connectivity index (χ1v) is 3.37. The number of hydrogen-bond acceptors (Lipinski definition) is 2. The molecule has 54 valence electrons. The number of hydrogen-bond donors (Lipinski definition) is 2. The Kier molecular flexibility index (Phi) is 2.42. The highest BCUT2D eigenvalue weighted by Crippen LogP contribution is 2.10. The predicted molar refractivity (Wildman–Crippen MR) is 34.9 cm³/mol. The van der Waals surface area contributed by atoms with Gasteiger partial charge >= 0.3 is 0 Å². The van der Waals surface area contributed by atoms with Gasteiger partial charge in [-0.2, -0.15) is 0 Å². The van der Waals surface area contributed by atoms with Crippen molar-refractivity contribution in [2.75, 3.05) is 19.8 Å². The largest absolute Gasteiger partial charge is 0.326 e. The maximum Gasteiger partial charge on any atom is 0.0898 e. The number of rotatable bonds is 2. The van der Waals surface area contributed by atoms with Gasteiger partial charge in [0.05, 0.1) is 6.67 Å². The lowest BCUT2D eigenvalue weighted by Crippen LogP contribution is -2.29. The fraction of sp³-hybridized carbons (Fsp3) is 1.00. The van der Waals surface area contributed by atoms with Gasteiger partial charge in [0.15, 0.2) is 0 Å². The van der Waals surface area contributed by atoms with Crippen molar-refractivity contribution in [3.63, 3.8) is 0 Å². The molecule has 1 aliphatic rings. The van der Waals surface area contributed by atoms with Crippen LogP contribution in [0, 0.1) is 5.92 Å². The van der Waals surface area contributed by atoms with Crippen LogP contribution >= 0.6 is 0 Å². The molecular formula is C6H13FN2. The van der Waals surface area contributed by atoms with Crippen molar-refractivity contribution >= 4 is 0 Å². The van der Waals surface area contributed by atoms with Crippen molar-refractivity contribution < 1.29 is 4.39 Å². The van der Waals surface area contributed by atoms with Crippen LogP contribution in [0.15, 0.2) is 0 Å². The second kappa shape index (κ2) is 3.13. The van der Waals surface area contributed by atoms with Crippen molar-refractivity contribution in [3.05, 3.63) is 0 Å². The minimum Gasteiger partial charge on any atom is -0.326 e. The van der Waals surface area contributed by atoms with Crippen molar-refractivity contribution in [2.24, 2.45) is 11.7 Å².